The van der Waals surface area contributed by atoms with E-state index in [-0.39, 0.29) is 24.3 Å². The van der Waals surface area contributed by atoms with Crippen LogP contribution in [0.15, 0.2) is 64.4 Å². The van der Waals surface area contributed by atoms with Crippen molar-refractivity contribution in [3.8, 4) is 0 Å². The summed E-state index contributed by atoms with van der Waals surface area (Å²) in [4.78, 5) is 20.8. The summed E-state index contributed by atoms with van der Waals surface area (Å²) in [6.07, 6.45) is 3.80. The standard InChI is InChI=1S/C20H21N3O3S/c1-14-3-5-15(6-4-14)17(9-12-24)23-19(25)18-8-7-16(26-18)13-27-20-21-10-2-11-22-20/h2-8,10-11,17,24H,9,12-13H2,1H3,(H,23,25)/t17-/m0/s1. The molecule has 3 aromatic rings. The Labute approximate surface area is 162 Å². The topological polar surface area (TPSA) is 88.2 Å². The number of hydrogen-bond acceptors (Lipinski definition) is 6. The molecule has 0 radical (unpaired) electrons. The van der Waals surface area contributed by atoms with Crippen LogP contribution in [0.2, 0.25) is 0 Å². The molecule has 0 aliphatic carbocycles. The highest BCUT2D eigenvalue weighted by Crippen LogP contribution is 2.22. The zero-order valence-electron chi connectivity index (χ0n) is 15.0. The minimum absolute atomic E-state index is 0.0179. The number of amides is 1. The molecule has 1 amide bonds. The monoisotopic (exact) mass is 383 g/mol. The van der Waals surface area contributed by atoms with Gasteiger partial charge in [-0.2, -0.15) is 0 Å². The van der Waals surface area contributed by atoms with Crippen molar-refractivity contribution in [1.29, 1.82) is 0 Å². The van der Waals surface area contributed by atoms with E-state index in [9.17, 15) is 9.90 Å². The summed E-state index contributed by atoms with van der Waals surface area (Å²) in [6.45, 7) is 1.99. The maximum absolute atomic E-state index is 12.5. The van der Waals surface area contributed by atoms with Crippen molar-refractivity contribution in [2.24, 2.45) is 0 Å². The maximum atomic E-state index is 12.5. The molecule has 3 rings (SSSR count). The smallest absolute Gasteiger partial charge is 0.287 e. The number of aliphatic hydroxyl groups excluding tert-OH is 1. The minimum Gasteiger partial charge on any atom is -0.455 e. The van der Waals surface area contributed by atoms with Crippen molar-refractivity contribution in [2.45, 2.75) is 30.3 Å². The first kappa shape index (κ1) is 19.1. The van der Waals surface area contributed by atoms with Gasteiger partial charge in [0.25, 0.3) is 5.91 Å². The van der Waals surface area contributed by atoms with Crippen LogP contribution in [-0.2, 0) is 5.75 Å². The summed E-state index contributed by atoms with van der Waals surface area (Å²) < 4.78 is 5.65. The van der Waals surface area contributed by atoms with Gasteiger partial charge >= 0.3 is 0 Å². The van der Waals surface area contributed by atoms with Crippen LogP contribution in [-0.4, -0.2) is 27.6 Å². The van der Waals surface area contributed by atoms with Gasteiger partial charge in [-0.05, 0) is 37.1 Å². The molecule has 6 nitrogen and oxygen atoms in total. The predicted molar refractivity (Wildman–Crippen MR) is 103 cm³/mol. The Morgan fingerprint density at radius 1 is 1.19 bits per heavy atom. The quantitative estimate of drug-likeness (QED) is 0.457. The van der Waals surface area contributed by atoms with Crippen molar-refractivity contribution in [3.63, 3.8) is 0 Å². The molecule has 27 heavy (non-hydrogen) atoms. The van der Waals surface area contributed by atoms with Gasteiger partial charge in [-0.15, -0.1) is 0 Å². The summed E-state index contributed by atoms with van der Waals surface area (Å²) in [5.41, 5.74) is 2.09. The summed E-state index contributed by atoms with van der Waals surface area (Å²) in [5.74, 6) is 1.15. The van der Waals surface area contributed by atoms with Crippen molar-refractivity contribution < 1.29 is 14.3 Å². The zero-order chi connectivity index (χ0) is 19.1. The van der Waals surface area contributed by atoms with E-state index in [0.29, 0.717) is 23.1 Å². The lowest BCUT2D eigenvalue weighted by atomic mass is 10.0. The molecule has 1 aromatic carbocycles. The van der Waals surface area contributed by atoms with Crippen LogP contribution in [0, 0.1) is 6.92 Å². The molecular formula is C20H21N3O3S. The highest BCUT2D eigenvalue weighted by Gasteiger charge is 2.18. The van der Waals surface area contributed by atoms with Gasteiger partial charge < -0.3 is 14.8 Å². The van der Waals surface area contributed by atoms with E-state index in [1.165, 1.54) is 11.8 Å². The van der Waals surface area contributed by atoms with E-state index in [1.807, 2.05) is 31.2 Å². The Kier molecular flexibility index (Phi) is 6.62. The van der Waals surface area contributed by atoms with Gasteiger partial charge in [0, 0.05) is 19.0 Å². The molecule has 0 fully saturated rings. The Balaban J connectivity index is 1.62. The number of nitrogens with one attached hydrogen (secondary N) is 1. The van der Waals surface area contributed by atoms with Crippen LogP contribution in [0.4, 0.5) is 0 Å². The Hall–Kier alpha value is -2.64. The van der Waals surface area contributed by atoms with Crippen molar-refractivity contribution in [1.82, 2.24) is 15.3 Å². The first-order chi connectivity index (χ1) is 13.2. The van der Waals surface area contributed by atoms with Gasteiger partial charge in [0.05, 0.1) is 11.8 Å². The molecule has 2 heterocycles. The van der Waals surface area contributed by atoms with Crippen molar-refractivity contribution in [2.75, 3.05) is 6.61 Å². The number of aryl methyl sites for hydroxylation is 1. The summed E-state index contributed by atoms with van der Waals surface area (Å²) >= 11 is 1.44. The fraction of sp³-hybridized carbons (Fsp3) is 0.250. The number of aromatic nitrogens is 2. The highest BCUT2D eigenvalue weighted by molar-refractivity contribution is 7.98. The number of aliphatic hydroxyl groups is 1. The lowest BCUT2D eigenvalue weighted by Gasteiger charge is -2.17. The molecule has 0 saturated heterocycles. The van der Waals surface area contributed by atoms with E-state index in [4.69, 9.17) is 4.42 Å². The third kappa shape index (κ3) is 5.42. The number of nitrogens with zero attached hydrogens (tertiary/aromatic N) is 2. The van der Waals surface area contributed by atoms with Crippen LogP contribution in [0.25, 0.3) is 0 Å². The van der Waals surface area contributed by atoms with E-state index in [0.717, 1.165) is 11.1 Å². The summed E-state index contributed by atoms with van der Waals surface area (Å²) in [6, 6.07) is 12.8. The molecule has 0 spiro atoms. The average molecular weight is 383 g/mol. The average Bonchev–Trinajstić information content (AvgIpc) is 3.17. The van der Waals surface area contributed by atoms with Crippen LogP contribution < -0.4 is 5.32 Å². The number of hydrogen-bond donors (Lipinski definition) is 2. The zero-order valence-corrected chi connectivity index (χ0v) is 15.8. The predicted octanol–water partition coefficient (Wildman–Crippen LogP) is 3.52. The second-order valence-electron chi connectivity index (χ2n) is 6.04. The van der Waals surface area contributed by atoms with Gasteiger partial charge in [-0.3, -0.25) is 4.79 Å². The Morgan fingerprint density at radius 3 is 2.63 bits per heavy atom. The second-order valence-corrected chi connectivity index (χ2v) is 6.98. The molecule has 2 N–H and O–H groups in total. The highest BCUT2D eigenvalue weighted by atomic mass is 32.2. The van der Waals surface area contributed by atoms with Crippen LogP contribution in [0.1, 0.15) is 39.9 Å². The van der Waals surface area contributed by atoms with Gasteiger partial charge in [0.15, 0.2) is 10.9 Å². The van der Waals surface area contributed by atoms with Gasteiger partial charge in [0.1, 0.15) is 5.76 Å². The minimum atomic E-state index is -0.304. The van der Waals surface area contributed by atoms with E-state index >= 15 is 0 Å². The van der Waals surface area contributed by atoms with Crippen molar-refractivity contribution in [3.05, 3.63) is 77.5 Å². The normalized spacial score (nSPS) is 11.9. The fourth-order valence-electron chi connectivity index (χ4n) is 2.55. The second kappa shape index (κ2) is 9.34. The molecule has 0 saturated carbocycles. The molecule has 2 aromatic heterocycles. The number of benzene rings is 1. The number of rotatable bonds is 8. The Bertz CT molecular complexity index is 866. The first-order valence-corrected chi connectivity index (χ1v) is 9.61. The largest absolute Gasteiger partial charge is 0.455 e. The van der Waals surface area contributed by atoms with Gasteiger partial charge in [0.2, 0.25) is 0 Å². The molecule has 0 aliphatic heterocycles. The third-order valence-electron chi connectivity index (χ3n) is 3.97. The van der Waals surface area contributed by atoms with Crippen molar-refractivity contribution >= 4 is 17.7 Å². The van der Waals surface area contributed by atoms with Crippen LogP contribution >= 0.6 is 11.8 Å². The number of thioether (sulfide) groups is 1. The Morgan fingerprint density at radius 2 is 1.93 bits per heavy atom. The first-order valence-electron chi connectivity index (χ1n) is 8.62. The van der Waals surface area contributed by atoms with Gasteiger partial charge in [-0.1, -0.05) is 41.6 Å². The van der Waals surface area contributed by atoms with Crippen LogP contribution in [0.5, 0.6) is 0 Å². The lowest BCUT2D eigenvalue weighted by Crippen LogP contribution is -2.29. The molecule has 0 unspecified atom stereocenters. The molecule has 0 aliphatic rings. The molecular weight excluding hydrogens is 362 g/mol. The van der Waals surface area contributed by atoms with E-state index in [1.54, 1.807) is 30.6 Å². The summed E-state index contributed by atoms with van der Waals surface area (Å²) in [5, 5.41) is 12.9. The number of furan rings is 1. The summed E-state index contributed by atoms with van der Waals surface area (Å²) in [7, 11) is 0. The third-order valence-corrected chi connectivity index (χ3v) is 4.87. The number of carbonyl (C=O) groups excluding carboxylic acids is 1. The molecule has 140 valence electrons. The lowest BCUT2D eigenvalue weighted by molar-refractivity contribution is 0.0900. The number of carbonyl (C=O) groups is 1. The van der Waals surface area contributed by atoms with E-state index in [2.05, 4.69) is 15.3 Å². The fourth-order valence-corrected chi connectivity index (χ4v) is 3.25. The van der Waals surface area contributed by atoms with E-state index < -0.39 is 0 Å². The SMILES string of the molecule is Cc1ccc([C@H](CCO)NC(=O)c2ccc(CSc3ncccn3)o2)cc1. The molecule has 1 atom stereocenters. The van der Waals surface area contributed by atoms with Crippen LogP contribution in [0.3, 0.4) is 0 Å². The maximum Gasteiger partial charge on any atom is 0.287 e. The van der Waals surface area contributed by atoms with Gasteiger partial charge in [-0.25, -0.2) is 9.97 Å². The molecule has 0 bridgehead atoms. The molecule has 7 heteroatoms.